The number of ether oxygens (including phenoxy) is 2. The van der Waals surface area contributed by atoms with Gasteiger partial charge in [-0.1, -0.05) is 0 Å². The molecule has 0 bridgehead atoms. The number of nitrogens with zero attached hydrogens (tertiary/aromatic N) is 1. The minimum Gasteiger partial charge on any atom is -0.491 e. The van der Waals surface area contributed by atoms with Gasteiger partial charge in [-0.3, -0.25) is 4.99 Å². The number of hydrogen-bond acceptors (Lipinski definition) is 6. The van der Waals surface area contributed by atoms with Gasteiger partial charge in [0.05, 0.1) is 6.61 Å². The predicted octanol–water partition coefficient (Wildman–Crippen LogP) is 1.17. The predicted molar refractivity (Wildman–Crippen MR) is 90.1 cm³/mol. The Hall–Kier alpha value is -2.19. The number of aliphatic imine (C=N–C) groups is 1. The van der Waals surface area contributed by atoms with Gasteiger partial charge in [-0.05, 0) is 38.2 Å². The molecule has 8 heteroatoms. The number of rotatable bonds is 4. The van der Waals surface area contributed by atoms with Crippen LogP contribution in [0.15, 0.2) is 29.0 Å². The van der Waals surface area contributed by atoms with Crippen molar-refractivity contribution in [3.63, 3.8) is 0 Å². The summed E-state index contributed by atoms with van der Waals surface area (Å²) in [6.45, 7) is 3.34. The van der Waals surface area contributed by atoms with E-state index in [9.17, 15) is 9.59 Å². The Kier molecular flexibility index (Phi) is 6.33. The molecule has 1 fully saturated rings. The first kappa shape index (κ1) is 19.1. The average molecular weight is 352 g/mol. The number of hydrogen-bond donors (Lipinski definition) is 3. The van der Waals surface area contributed by atoms with Crippen LogP contribution >= 0.6 is 0 Å². The van der Waals surface area contributed by atoms with E-state index in [1.165, 1.54) is 0 Å². The molecule has 0 amide bonds. The molecule has 3 unspecified atom stereocenters. The molecule has 0 radical (unpaired) electrons. The largest absolute Gasteiger partial charge is 0.491 e. The molecular weight excluding hydrogens is 328 g/mol. The van der Waals surface area contributed by atoms with Crippen molar-refractivity contribution in [3.8, 4) is 0 Å². The molecule has 2 heterocycles. The summed E-state index contributed by atoms with van der Waals surface area (Å²) in [4.78, 5) is 23.7. The zero-order chi connectivity index (χ0) is 18.4. The van der Waals surface area contributed by atoms with E-state index in [0.717, 1.165) is 25.0 Å². The van der Waals surface area contributed by atoms with Crippen LogP contribution in [0.1, 0.15) is 26.2 Å². The molecule has 0 saturated carbocycles. The van der Waals surface area contributed by atoms with Gasteiger partial charge in [0.2, 0.25) is 5.72 Å². The lowest BCUT2D eigenvalue weighted by molar-refractivity contribution is -0.140. The van der Waals surface area contributed by atoms with Crippen LogP contribution in [0.5, 0.6) is 0 Å². The first-order valence-electron chi connectivity index (χ1n) is 8.25. The third-order valence-corrected chi connectivity index (χ3v) is 4.26. The summed E-state index contributed by atoms with van der Waals surface area (Å²) in [6.07, 6.45) is 8.41. The fourth-order valence-electron chi connectivity index (χ4n) is 3.38. The zero-order valence-corrected chi connectivity index (χ0v) is 14.1. The number of carboxylic acids is 2. The Labute approximate surface area is 146 Å². The summed E-state index contributed by atoms with van der Waals surface area (Å²) in [6, 6.07) is 0.233. The molecule has 4 N–H and O–H groups in total. The molecular formula is C17H24N2O6. The molecule has 3 rings (SSSR count). The number of nitrogens with two attached hydrogens (primary N) is 1. The Bertz CT molecular complexity index is 582. The van der Waals surface area contributed by atoms with Crippen molar-refractivity contribution in [3.05, 3.63) is 24.0 Å². The molecule has 0 aromatic rings. The van der Waals surface area contributed by atoms with Crippen molar-refractivity contribution in [2.45, 2.75) is 38.0 Å². The van der Waals surface area contributed by atoms with E-state index in [4.69, 9.17) is 25.4 Å². The molecule has 0 aromatic heterocycles. The van der Waals surface area contributed by atoms with Gasteiger partial charge >= 0.3 is 11.9 Å². The first-order valence-corrected chi connectivity index (χ1v) is 8.25. The van der Waals surface area contributed by atoms with Gasteiger partial charge in [0.25, 0.3) is 0 Å². The van der Waals surface area contributed by atoms with E-state index < -0.39 is 17.7 Å². The van der Waals surface area contributed by atoms with E-state index in [1.807, 2.05) is 6.21 Å². The first-order chi connectivity index (χ1) is 11.8. The van der Waals surface area contributed by atoms with E-state index in [-0.39, 0.29) is 6.04 Å². The van der Waals surface area contributed by atoms with Crippen LogP contribution in [-0.2, 0) is 19.1 Å². The highest BCUT2D eigenvalue weighted by atomic mass is 16.6. The summed E-state index contributed by atoms with van der Waals surface area (Å²) in [5.41, 5.74) is 5.41. The second-order valence-electron chi connectivity index (χ2n) is 6.39. The van der Waals surface area contributed by atoms with E-state index in [1.54, 1.807) is 0 Å². The normalized spacial score (nSPS) is 31.0. The van der Waals surface area contributed by atoms with Gasteiger partial charge in [0, 0.05) is 30.3 Å². The van der Waals surface area contributed by atoms with Crippen LogP contribution in [0.3, 0.4) is 0 Å². The van der Waals surface area contributed by atoms with Gasteiger partial charge in [0.1, 0.15) is 12.4 Å². The van der Waals surface area contributed by atoms with Crippen LogP contribution in [0.2, 0.25) is 0 Å². The molecule has 2 aliphatic heterocycles. The number of aliphatic carboxylic acids is 2. The van der Waals surface area contributed by atoms with Crippen molar-refractivity contribution in [2.24, 2.45) is 22.6 Å². The molecule has 1 saturated heterocycles. The Morgan fingerprint density at radius 2 is 2.08 bits per heavy atom. The van der Waals surface area contributed by atoms with Crippen molar-refractivity contribution >= 4 is 18.2 Å². The van der Waals surface area contributed by atoms with Gasteiger partial charge in [-0.2, -0.15) is 0 Å². The SMILES string of the molecule is C[C@H](N)CC1C=C2OCCOC23N=CCC3C1.O=C(O)C=CC(=O)O. The van der Waals surface area contributed by atoms with Crippen molar-refractivity contribution in [1.82, 2.24) is 0 Å². The van der Waals surface area contributed by atoms with E-state index >= 15 is 0 Å². The summed E-state index contributed by atoms with van der Waals surface area (Å²) in [5, 5.41) is 15.6. The highest BCUT2D eigenvalue weighted by Crippen LogP contribution is 2.47. The maximum Gasteiger partial charge on any atom is 0.328 e. The average Bonchev–Trinajstić information content (AvgIpc) is 2.93. The lowest BCUT2D eigenvalue weighted by atomic mass is 9.77. The Balaban J connectivity index is 0.000000242. The fourth-order valence-corrected chi connectivity index (χ4v) is 3.38. The molecule has 1 aliphatic carbocycles. The van der Waals surface area contributed by atoms with E-state index in [0.29, 0.717) is 37.2 Å². The maximum absolute atomic E-state index is 9.55. The molecule has 25 heavy (non-hydrogen) atoms. The minimum atomic E-state index is -1.26. The fraction of sp³-hybridized carbons (Fsp3) is 0.588. The van der Waals surface area contributed by atoms with E-state index in [2.05, 4.69) is 18.0 Å². The Morgan fingerprint density at radius 3 is 2.68 bits per heavy atom. The maximum atomic E-state index is 9.55. The van der Waals surface area contributed by atoms with Crippen molar-refractivity contribution < 1.29 is 29.3 Å². The lowest BCUT2D eigenvalue weighted by Gasteiger charge is -2.43. The number of carbonyl (C=O) groups is 2. The molecule has 1 spiro atoms. The molecule has 0 aromatic carbocycles. The standard InChI is InChI=1S/C13H20N2O2.C4H4O4/c1-9(14)6-10-7-11-2-3-15-13(11)12(8-10)16-4-5-17-13;5-3(6)1-2-4(7)8/h3,8-11H,2,4-7,14H2,1H3;1-2H,(H,5,6)(H,7,8)/t9-,10?,11?,13?;/m0./s1. The van der Waals surface area contributed by atoms with Crippen LogP contribution in [0, 0.1) is 11.8 Å². The third kappa shape index (κ3) is 4.90. The van der Waals surface area contributed by atoms with Gasteiger partial charge in [-0.25, -0.2) is 9.59 Å². The smallest absolute Gasteiger partial charge is 0.328 e. The van der Waals surface area contributed by atoms with Crippen LogP contribution in [0.4, 0.5) is 0 Å². The summed E-state index contributed by atoms with van der Waals surface area (Å²) in [5.74, 6) is -0.641. The second kappa shape index (κ2) is 8.26. The highest BCUT2D eigenvalue weighted by Gasteiger charge is 2.51. The molecule has 138 valence electrons. The van der Waals surface area contributed by atoms with Crippen LogP contribution < -0.4 is 5.73 Å². The summed E-state index contributed by atoms with van der Waals surface area (Å²) < 4.78 is 11.7. The van der Waals surface area contributed by atoms with Gasteiger partial charge in [-0.15, -0.1) is 0 Å². The van der Waals surface area contributed by atoms with Crippen LogP contribution in [-0.4, -0.2) is 53.3 Å². The van der Waals surface area contributed by atoms with Crippen molar-refractivity contribution in [1.29, 1.82) is 0 Å². The summed E-state index contributed by atoms with van der Waals surface area (Å²) >= 11 is 0. The quantitative estimate of drug-likeness (QED) is 0.647. The lowest BCUT2D eigenvalue weighted by Crippen LogP contribution is -2.47. The molecule has 4 atom stereocenters. The Morgan fingerprint density at radius 1 is 1.40 bits per heavy atom. The number of carboxylic acid groups (broad SMARTS) is 2. The summed E-state index contributed by atoms with van der Waals surface area (Å²) in [7, 11) is 0. The third-order valence-electron chi connectivity index (χ3n) is 4.26. The topological polar surface area (TPSA) is 131 Å². The second-order valence-corrected chi connectivity index (χ2v) is 6.39. The van der Waals surface area contributed by atoms with Gasteiger partial charge < -0.3 is 25.4 Å². The van der Waals surface area contributed by atoms with Crippen LogP contribution in [0.25, 0.3) is 0 Å². The van der Waals surface area contributed by atoms with Crippen molar-refractivity contribution in [2.75, 3.05) is 13.2 Å². The highest BCUT2D eigenvalue weighted by molar-refractivity contribution is 5.89. The molecule has 3 aliphatic rings. The minimum absolute atomic E-state index is 0.233. The monoisotopic (exact) mass is 352 g/mol. The zero-order valence-electron chi connectivity index (χ0n) is 14.1. The molecule has 8 nitrogen and oxygen atoms in total. The van der Waals surface area contributed by atoms with Gasteiger partial charge in [0.15, 0.2) is 0 Å². The number of allylic oxidation sites excluding steroid dienone is 1.